The molecule has 8 heteroatoms. The molecule has 0 bridgehead atoms. The van der Waals surface area contributed by atoms with Crippen LogP contribution < -0.4 is 9.62 Å². The average molecular weight is 395 g/mol. The van der Waals surface area contributed by atoms with Crippen LogP contribution in [0.1, 0.15) is 6.92 Å². The summed E-state index contributed by atoms with van der Waals surface area (Å²) >= 11 is 0. The van der Waals surface area contributed by atoms with Gasteiger partial charge in [-0.1, -0.05) is 18.2 Å². The number of para-hydroxylation sites is 1. The lowest BCUT2D eigenvalue weighted by molar-refractivity contribution is 0.198. The molecule has 5 nitrogen and oxygen atoms in total. The van der Waals surface area contributed by atoms with Gasteiger partial charge in [-0.05, 0) is 37.3 Å². The van der Waals surface area contributed by atoms with Crippen LogP contribution in [0.15, 0.2) is 53.4 Å². The van der Waals surface area contributed by atoms with Crippen molar-refractivity contribution in [2.45, 2.75) is 17.9 Å². The molecule has 0 spiro atoms. The number of anilines is 1. The van der Waals surface area contributed by atoms with Gasteiger partial charge in [-0.2, -0.15) is 0 Å². The number of hydrogen-bond donors (Lipinski definition) is 1. The molecule has 3 rings (SSSR count). The monoisotopic (exact) mass is 395 g/mol. The number of piperazine rings is 1. The standard InChI is InChI=1S/C19H23F2N3O2S/c1-15(14-22-27(25,26)17-7-8-18(20)19(21)13-17)23-9-11-24(12-10-23)16-5-3-2-4-6-16/h2-8,13,15,22H,9-12,14H2,1H3/t15-/m1/s1. The van der Waals surface area contributed by atoms with Crippen molar-refractivity contribution in [2.75, 3.05) is 37.6 Å². The molecule has 1 atom stereocenters. The van der Waals surface area contributed by atoms with Crippen LogP contribution in [0.3, 0.4) is 0 Å². The van der Waals surface area contributed by atoms with Gasteiger partial charge in [0.25, 0.3) is 0 Å². The van der Waals surface area contributed by atoms with Crippen LogP contribution >= 0.6 is 0 Å². The molecule has 2 aromatic carbocycles. The fraction of sp³-hybridized carbons (Fsp3) is 0.368. The van der Waals surface area contributed by atoms with Gasteiger partial charge in [-0.3, -0.25) is 4.90 Å². The zero-order chi connectivity index (χ0) is 19.4. The summed E-state index contributed by atoms with van der Waals surface area (Å²) in [5, 5.41) is 0. The molecular weight excluding hydrogens is 372 g/mol. The van der Waals surface area contributed by atoms with Gasteiger partial charge in [0, 0.05) is 44.5 Å². The highest BCUT2D eigenvalue weighted by Gasteiger charge is 2.23. The van der Waals surface area contributed by atoms with Gasteiger partial charge in [0.1, 0.15) is 0 Å². The van der Waals surface area contributed by atoms with E-state index in [2.05, 4.69) is 26.7 Å². The third kappa shape index (κ3) is 4.82. The SMILES string of the molecule is C[C@H](CNS(=O)(=O)c1ccc(F)c(F)c1)N1CCN(c2ccccc2)CC1. The average Bonchev–Trinajstić information content (AvgIpc) is 2.69. The molecule has 2 aromatic rings. The quantitative estimate of drug-likeness (QED) is 0.816. The molecule has 27 heavy (non-hydrogen) atoms. The normalized spacial score (nSPS) is 17.1. The van der Waals surface area contributed by atoms with Gasteiger partial charge in [-0.25, -0.2) is 21.9 Å². The molecule has 1 saturated heterocycles. The molecular formula is C19H23F2N3O2S. The van der Waals surface area contributed by atoms with Crippen LogP contribution in [-0.2, 0) is 10.0 Å². The zero-order valence-electron chi connectivity index (χ0n) is 15.1. The fourth-order valence-electron chi connectivity index (χ4n) is 3.15. The molecule has 1 fully saturated rings. The van der Waals surface area contributed by atoms with Crippen LogP contribution in [-0.4, -0.2) is 52.1 Å². The molecule has 0 radical (unpaired) electrons. The number of halogens is 2. The Bertz CT molecular complexity index is 870. The molecule has 0 aromatic heterocycles. The molecule has 1 N–H and O–H groups in total. The highest BCUT2D eigenvalue weighted by atomic mass is 32.2. The summed E-state index contributed by atoms with van der Waals surface area (Å²) in [5.74, 6) is -2.25. The van der Waals surface area contributed by atoms with Crippen LogP contribution in [0.4, 0.5) is 14.5 Å². The van der Waals surface area contributed by atoms with Gasteiger partial charge in [0.15, 0.2) is 11.6 Å². The number of hydrogen-bond acceptors (Lipinski definition) is 4. The maximum atomic E-state index is 13.3. The summed E-state index contributed by atoms with van der Waals surface area (Å²) in [4.78, 5) is 4.24. The first-order valence-electron chi connectivity index (χ1n) is 8.85. The Morgan fingerprint density at radius 2 is 1.67 bits per heavy atom. The first-order chi connectivity index (χ1) is 12.9. The zero-order valence-corrected chi connectivity index (χ0v) is 15.9. The molecule has 1 aliphatic rings. The van der Waals surface area contributed by atoms with E-state index in [4.69, 9.17) is 0 Å². The fourth-order valence-corrected chi connectivity index (χ4v) is 4.28. The van der Waals surface area contributed by atoms with Gasteiger partial charge in [-0.15, -0.1) is 0 Å². The van der Waals surface area contributed by atoms with Crippen LogP contribution in [0.25, 0.3) is 0 Å². The summed E-state index contributed by atoms with van der Waals surface area (Å²) in [5.41, 5.74) is 1.18. The Balaban J connectivity index is 1.53. The smallest absolute Gasteiger partial charge is 0.240 e. The van der Waals surface area contributed by atoms with Crippen molar-refractivity contribution in [3.05, 3.63) is 60.2 Å². The van der Waals surface area contributed by atoms with E-state index in [1.807, 2.05) is 25.1 Å². The third-order valence-electron chi connectivity index (χ3n) is 4.83. The van der Waals surface area contributed by atoms with Crippen LogP contribution in [0.5, 0.6) is 0 Å². The number of sulfonamides is 1. The summed E-state index contributed by atoms with van der Waals surface area (Å²) in [6, 6.07) is 12.7. The number of rotatable bonds is 6. The van der Waals surface area contributed by atoms with Crippen molar-refractivity contribution >= 4 is 15.7 Å². The van der Waals surface area contributed by atoms with Crippen molar-refractivity contribution in [1.82, 2.24) is 9.62 Å². The lowest BCUT2D eigenvalue weighted by atomic mass is 10.2. The van der Waals surface area contributed by atoms with E-state index >= 15 is 0 Å². The number of nitrogens with zero attached hydrogens (tertiary/aromatic N) is 2. The van der Waals surface area contributed by atoms with Gasteiger partial charge in [0.2, 0.25) is 10.0 Å². The molecule has 0 aliphatic carbocycles. The van der Waals surface area contributed by atoms with Crippen LogP contribution in [0.2, 0.25) is 0 Å². The van der Waals surface area contributed by atoms with E-state index in [1.54, 1.807) is 0 Å². The third-order valence-corrected chi connectivity index (χ3v) is 6.25. The van der Waals surface area contributed by atoms with E-state index < -0.39 is 21.7 Å². The van der Waals surface area contributed by atoms with Gasteiger partial charge < -0.3 is 4.90 Å². The molecule has 0 saturated carbocycles. The summed E-state index contributed by atoms with van der Waals surface area (Å²) < 4.78 is 53.4. The van der Waals surface area contributed by atoms with Crippen molar-refractivity contribution in [3.63, 3.8) is 0 Å². The molecule has 1 heterocycles. The van der Waals surface area contributed by atoms with Gasteiger partial charge in [0.05, 0.1) is 4.90 Å². The predicted octanol–water partition coefficient (Wildman–Crippen LogP) is 2.45. The van der Waals surface area contributed by atoms with Crippen molar-refractivity contribution in [1.29, 1.82) is 0 Å². The summed E-state index contributed by atoms with van der Waals surface area (Å²) in [6.45, 7) is 5.53. The lowest BCUT2D eigenvalue weighted by Gasteiger charge is -2.39. The van der Waals surface area contributed by atoms with E-state index in [9.17, 15) is 17.2 Å². The Morgan fingerprint density at radius 1 is 1.00 bits per heavy atom. The Hall–Kier alpha value is -2.03. The minimum atomic E-state index is -3.88. The molecule has 1 aliphatic heterocycles. The van der Waals surface area contributed by atoms with E-state index in [1.165, 1.54) is 5.69 Å². The lowest BCUT2D eigenvalue weighted by Crippen LogP contribution is -2.52. The van der Waals surface area contributed by atoms with E-state index in [0.717, 1.165) is 38.3 Å². The molecule has 0 amide bonds. The molecule has 146 valence electrons. The predicted molar refractivity (Wildman–Crippen MR) is 101 cm³/mol. The Morgan fingerprint density at radius 3 is 2.30 bits per heavy atom. The van der Waals surface area contributed by atoms with E-state index in [-0.39, 0.29) is 17.5 Å². The van der Waals surface area contributed by atoms with Gasteiger partial charge >= 0.3 is 0 Å². The summed E-state index contributed by atoms with van der Waals surface area (Å²) in [6.07, 6.45) is 0. The second-order valence-corrected chi connectivity index (χ2v) is 8.40. The highest BCUT2D eigenvalue weighted by Crippen LogP contribution is 2.17. The largest absolute Gasteiger partial charge is 0.369 e. The highest BCUT2D eigenvalue weighted by molar-refractivity contribution is 7.89. The summed E-state index contributed by atoms with van der Waals surface area (Å²) in [7, 11) is -3.88. The second kappa shape index (κ2) is 8.33. The Labute approximate surface area is 158 Å². The molecule has 0 unspecified atom stereocenters. The maximum Gasteiger partial charge on any atom is 0.240 e. The van der Waals surface area contributed by atoms with Crippen molar-refractivity contribution in [2.24, 2.45) is 0 Å². The van der Waals surface area contributed by atoms with Crippen LogP contribution in [0, 0.1) is 11.6 Å². The van der Waals surface area contributed by atoms with Crippen molar-refractivity contribution < 1.29 is 17.2 Å². The minimum Gasteiger partial charge on any atom is -0.369 e. The number of nitrogens with one attached hydrogen (secondary N) is 1. The number of benzene rings is 2. The van der Waals surface area contributed by atoms with Crippen molar-refractivity contribution in [3.8, 4) is 0 Å². The Kier molecular flexibility index (Phi) is 6.08. The first-order valence-corrected chi connectivity index (χ1v) is 10.3. The van der Waals surface area contributed by atoms with E-state index in [0.29, 0.717) is 6.07 Å². The minimum absolute atomic E-state index is 0.0111. The first kappa shape index (κ1) is 19.7. The maximum absolute atomic E-state index is 13.3. The topological polar surface area (TPSA) is 52.7 Å². The second-order valence-electron chi connectivity index (χ2n) is 6.64.